The summed E-state index contributed by atoms with van der Waals surface area (Å²) >= 11 is 0. The molecule has 0 aliphatic heterocycles. The van der Waals surface area contributed by atoms with Crippen molar-refractivity contribution in [2.24, 2.45) is 0 Å². The molecule has 0 unspecified atom stereocenters. The maximum atomic E-state index is 12.9. The number of hydrogen-bond donors (Lipinski definition) is 1. The van der Waals surface area contributed by atoms with Crippen molar-refractivity contribution in [2.45, 2.75) is 26.1 Å². The van der Waals surface area contributed by atoms with Crippen LogP contribution in [-0.2, 0) is 6.18 Å². The molecule has 0 aliphatic rings. The largest absolute Gasteiger partial charge is 0.494 e. The second-order valence-electron chi connectivity index (χ2n) is 6.07. The number of halogens is 3. The molecular weight excluding hydrogens is 361 g/mol. The first-order chi connectivity index (χ1) is 13.8. The molecule has 0 fully saturated rings. The first kappa shape index (κ1) is 15.0. The Labute approximate surface area is 157 Å². The molecule has 0 radical (unpaired) electrons. The lowest BCUT2D eigenvalue weighted by molar-refractivity contribution is -0.141. The molecule has 6 nitrogen and oxygen atoms in total. The third-order valence-corrected chi connectivity index (χ3v) is 3.78. The van der Waals surface area contributed by atoms with Gasteiger partial charge in [0.05, 0.1) is 22.4 Å². The van der Waals surface area contributed by atoms with Crippen LogP contribution in [0.15, 0.2) is 36.5 Å². The van der Waals surface area contributed by atoms with Crippen LogP contribution < -0.4 is 10.1 Å². The van der Waals surface area contributed by atoms with E-state index in [-0.39, 0.29) is 17.5 Å². The molecule has 9 heteroatoms. The van der Waals surface area contributed by atoms with E-state index in [4.69, 9.17) is 8.85 Å². The molecule has 0 saturated heterocycles. The fourth-order valence-electron chi connectivity index (χ4n) is 2.42. The van der Waals surface area contributed by atoms with E-state index in [1.165, 1.54) is 12.1 Å². The number of pyridine rings is 1. The zero-order valence-electron chi connectivity index (χ0n) is 17.3. The van der Waals surface area contributed by atoms with Crippen molar-refractivity contribution < 1.29 is 26.8 Å². The van der Waals surface area contributed by atoms with E-state index in [0.717, 1.165) is 18.2 Å². The number of carbonyl (C=O) groups excluding carboxylic acids is 1. The first-order valence-corrected chi connectivity index (χ1v) is 7.91. The van der Waals surface area contributed by atoms with Gasteiger partial charge in [0.1, 0.15) is 17.1 Å². The summed E-state index contributed by atoms with van der Waals surface area (Å²) in [6.45, 7) is 3.79. The van der Waals surface area contributed by atoms with E-state index >= 15 is 0 Å². The lowest BCUT2D eigenvalue weighted by Crippen LogP contribution is -2.17. The van der Waals surface area contributed by atoms with Crippen LogP contribution in [0.1, 0.15) is 40.2 Å². The van der Waals surface area contributed by atoms with Gasteiger partial charge in [0, 0.05) is 23.7 Å². The molecule has 2 aromatic heterocycles. The molecule has 3 rings (SSSR count). The Balaban J connectivity index is 2.01. The topological polar surface area (TPSA) is 69.0 Å². The monoisotopic (exact) mass is 381 g/mol. The van der Waals surface area contributed by atoms with Gasteiger partial charge in [0.2, 0.25) is 0 Å². The van der Waals surface area contributed by atoms with Gasteiger partial charge in [-0.25, -0.2) is 4.98 Å². The molecule has 0 atom stereocenters. The minimum absolute atomic E-state index is 0.0248. The highest BCUT2D eigenvalue weighted by Gasteiger charge is 2.33. The lowest BCUT2D eigenvalue weighted by atomic mass is 10.2. The number of rotatable bonds is 4. The predicted octanol–water partition coefficient (Wildman–Crippen LogP) is 4.29. The van der Waals surface area contributed by atoms with Crippen LogP contribution in [0.4, 0.5) is 18.9 Å². The Morgan fingerprint density at radius 1 is 1.33 bits per heavy atom. The quantitative estimate of drug-likeness (QED) is 0.732. The van der Waals surface area contributed by atoms with Gasteiger partial charge in [-0.3, -0.25) is 9.48 Å². The number of aromatic nitrogens is 3. The summed E-state index contributed by atoms with van der Waals surface area (Å²) in [5.41, 5.74) is -1.31. The van der Waals surface area contributed by atoms with E-state index in [1.807, 2.05) is 13.8 Å². The number of ether oxygens (including phenoxy) is 1. The lowest BCUT2D eigenvalue weighted by Gasteiger charge is -2.11. The number of hydrogen-bond acceptors (Lipinski definition) is 4. The SMILES string of the molecule is [2H]C([2H])([2H])Oc1cc2nn(C(C)C)cc2cc1NC(=O)c1cccc(C(F)(F)F)n1. The molecule has 1 N–H and O–H groups in total. The standard InChI is InChI=1S/C18H17F3N4O2/c1-10(2)25-9-11-7-14(15(27-3)8-13(11)24-25)23-17(26)12-5-4-6-16(22-12)18(19,20)21/h4-10H,1-3H3,(H,23,26)/i3D3. The molecule has 3 aromatic rings. The summed E-state index contributed by atoms with van der Waals surface area (Å²) in [5, 5.41) is 7.28. The smallest absolute Gasteiger partial charge is 0.433 e. The molecule has 0 spiro atoms. The number of nitrogens with one attached hydrogen (secondary N) is 1. The van der Waals surface area contributed by atoms with E-state index < -0.39 is 30.5 Å². The fraction of sp³-hybridized carbons (Fsp3) is 0.278. The Morgan fingerprint density at radius 3 is 2.78 bits per heavy atom. The van der Waals surface area contributed by atoms with Crippen molar-refractivity contribution in [3.05, 3.63) is 47.9 Å². The van der Waals surface area contributed by atoms with Gasteiger partial charge in [0.25, 0.3) is 5.91 Å². The van der Waals surface area contributed by atoms with Crippen LogP contribution >= 0.6 is 0 Å². The van der Waals surface area contributed by atoms with Gasteiger partial charge in [-0.1, -0.05) is 6.07 Å². The van der Waals surface area contributed by atoms with Crippen LogP contribution in [0.5, 0.6) is 5.75 Å². The van der Waals surface area contributed by atoms with Crippen molar-refractivity contribution in [1.82, 2.24) is 14.8 Å². The van der Waals surface area contributed by atoms with Crippen LogP contribution in [0.3, 0.4) is 0 Å². The zero-order chi connectivity index (χ0) is 22.3. The van der Waals surface area contributed by atoms with Gasteiger partial charge in [-0.15, -0.1) is 0 Å². The number of benzene rings is 1. The second-order valence-corrected chi connectivity index (χ2v) is 6.07. The molecule has 2 heterocycles. The van der Waals surface area contributed by atoms with E-state index in [2.05, 4.69) is 15.4 Å². The van der Waals surface area contributed by atoms with Crippen molar-refractivity contribution in [2.75, 3.05) is 12.4 Å². The maximum Gasteiger partial charge on any atom is 0.433 e. The first-order valence-electron chi connectivity index (χ1n) is 9.41. The Morgan fingerprint density at radius 2 is 2.11 bits per heavy atom. The second kappa shape index (κ2) is 6.90. The van der Waals surface area contributed by atoms with E-state index in [1.54, 1.807) is 10.9 Å². The molecule has 142 valence electrons. The third-order valence-electron chi connectivity index (χ3n) is 3.78. The number of fused-ring (bicyclic) bond motifs is 1. The minimum Gasteiger partial charge on any atom is -0.494 e. The summed E-state index contributed by atoms with van der Waals surface area (Å²) in [7, 11) is -2.82. The fourth-order valence-corrected chi connectivity index (χ4v) is 2.42. The molecular formula is C18H17F3N4O2. The summed E-state index contributed by atoms with van der Waals surface area (Å²) in [4.78, 5) is 15.8. The van der Waals surface area contributed by atoms with Crippen LogP contribution in [0, 0.1) is 0 Å². The van der Waals surface area contributed by atoms with Crippen LogP contribution in [-0.4, -0.2) is 27.7 Å². The molecule has 0 bridgehead atoms. The van der Waals surface area contributed by atoms with Gasteiger partial charge >= 0.3 is 6.18 Å². The summed E-state index contributed by atoms with van der Waals surface area (Å²) < 4.78 is 67.2. The number of alkyl halides is 3. The van der Waals surface area contributed by atoms with E-state index in [0.29, 0.717) is 10.9 Å². The zero-order valence-corrected chi connectivity index (χ0v) is 14.3. The average Bonchev–Trinajstić information content (AvgIpc) is 3.03. The van der Waals surface area contributed by atoms with Gasteiger partial charge in [0.15, 0.2) is 0 Å². The number of nitrogens with zero attached hydrogens (tertiary/aromatic N) is 3. The van der Waals surface area contributed by atoms with Crippen molar-refractivity contribution in [3.8, 4) is 5.75 Å². The molecule has 0 saturated carbocycles. The normalized spacial score (nSPS) is 13.9. The summed E-state index contributed by atoms with van der Waals surface area (Å²) in [6.07, 6.45) is -3.02. The number of anilines is 1. The highest BCUT2D eigenvalue weighted by atomic mass is 19.4. The molecule has 27 heavy (non-hydrogen) atoms. The number of methoxy groups -OCH3 is 1. The summed E-state index contributed by atoms with van der Waals surface area (Å²) in [6, 6.07) is 5.72. The highest BCUT2D eigenvalue weighted by Crippen LogP contribution is 2.31. The Bertz CT molecular complexity index is 1090. The van der Waals surface area contributed by atoms with E-state index in [9.17, 15) is 18.0 Å². The van der Waals surface area contributed by atoms with Crippen LogP contribution in [0.2, 0.25) is 0 Å². The van der Waals surface area contributed by atoms with Gasteiger partial charge in [-0.2, -0.15) is 18.3 Å². The number of carbonyl (C=O) groups is 1. The van der Waals surface area contributed by atoms with Crippen molar-refractivity contribution >= 4 is 22.5 Å². The number of amides is 1. The predicted molar refractivity (Wildman–Crippen MR) is 93.9 cm³/mol. The Kier molecular flexibility index (Phi) is 3.83. The molecule has 1 aromatic carbocycles. The molecule has 1 amide bonds. The van der Waals surface area contributed by atoms with Crippen molar-refractivity contribution in [3.63, 3.8) is 0 Å². The van der Waals surface area contributed by atoms with Crippen molar-refractivity contribution in [1.29, 1.82) is 0 Å². The Hall–Kier alpha value is -3.10. The van der Waals surface area contributed by atoms with Gasteiger partial charge in [-0.05, 0) is 32.0 Å². The minimum atomic E-state index is -4.71. The maximum absolute atomic E-state index is 12.9. The highest BCUT2D eigenvalue weighted by molar-refractivity contribution is 6.05. The molecule has 0 aliphatic carbocycles. The third kappa shape index (κ3) is 3.86. The van der Waals surface area contributed by atoms with Crippen LogP contribution in [0.25, 0.3) is 10.9 Å². The van der Waals surface area contributed by atoms with Gasteiger partial charge < -0.3 is 10.1 Å². The average molecular weight is 381 g/mol. The summed E-state index contributed by atoms with van der Waals surface area (Å²) in [5.74, 6) is -1.15.